The maximum atomic E-state index is 11.7. The average molecular weight is 440 g/mol. The van der Waals surface area contributed by atoms with Crippen LogP contribution in [0.5, 0.6) is 5.75 Å². The van der Waals surface area contributed by atoms with Gasteiger partial charge in [0.2, 0.25) is 0 Å². The number of benzene rings is 1. The number of nitrogens with zero attached hydrogens (tertiary/aromatic N) is 4. The number of carbonyl (C=O) groups is 1. The number of rotatable bonds is 6. The number of aryl methyl sites for hydroxylation is 1. The molecular weight excluding hydrogens is 418 g/mol. The number of hydrogen-bond acceptors (Lipinski definition) is 6. The summed E-state index contributed by atoms with van der Waals surface area (Å²) < 4.78 is 7.52. The van der Waals surface area contributed by atoms with E-state index < -0.39 is 5.91 Å². The molecule has 3 aromatic heterocycles. The summed E-state index contributed by atoms with van der Waals surface area (Å²) in [7, 11) is 3.38. The fraction of sp³-hybridized carbons (Fsp3) is 0.238. The lowest BCUT2D eigenvalue weighted by Gasteiger charge is -2.22. The Morgan fingerprint density at radius 2 is 2.10 bits per heavy atom. The molecule has 0 aliphatic carbocycles. The van der Waals surface area contributed by atoms with Crippen LogP contribution in [-0.2, 0) is 7.05 Å². The maximum absolute atomic E-state index is 11.7. The highest BCUT2D eigenvalue weighted by Crippen LogP contribution is 2.43. The highest BCUT2D eigenvalue weighted by Gasteiger charge is 2.23. The minimum Gasteiger partial charge on any atom is -0.496 e. The summed E-state index contributed by atoms with van der Waals surface area (Å²) in [6, 6.07) is 3.40. The van der Waals surface area contributed by atoms with Gasteiger partial charge in [0, 0.05) is 35.0 Å². The summed E-state index contributed by atoms with van der Waals surface area (Å²) in [6.07, 6.45) is 4.86. The van der Waals surface area contributed by atoms with Gasteiger partial charge in [0.1, 0.15) is 23.3 Å². The maximum Gasteiger partial charge on any atom is 0.265 e. The number of H-pyrrole nitrogens is 1. The van der Waals surface area contributed by atoms with E-state index in [1.54, 1.807) is 31.1 Å². The molecule has 4 N–H and O–H groups in total. The van der Waals surface area contributed by atoms with E-state index in [1.807, 2.05) is 26.1 Å². The van der Waals surface area contributed by atoms with Crippen molar-refractivity contribution in [2.24, 2.45) is 12.8 Å². The first-order chi connectivity index (χ1) is 14.8. The van der Waals surface area contributed by atoms with Gasteiger partial charge in [-0.05, 0) is 31.5 Å². The predicted molar refractivity (Wildman–Crippen MR) is 119 cm³/mol. The lowest BCUT2D eigenvalue weighted by molar-refractivity contribution is 0.0992. The second-order valence-electron chi connectivity index (χ2n) is 7.26. The number of aromatic amines is 1. The number of imidazole rings is 1. The Morgan fingerprint density at radius 1 is 1.32 bits per heavy atom. The number of primary amides is 1. The van der Waals surface area contributed by atoms with Gasteiger partial charge in [-0.1, -0.05) is 11.6 Å². The van der Waals surface area contributed by atoms with Gasteiger partial charge in [-0.15, -0.1) is 0 Å². The number of hydrogen-bond donors (Lipinski definition) is 3. The van der Waals surface area contributed by atoms with Gasteiger partial charge in [0.25, 0.3) is 5.91 Å². The Hall–Kier alpha value is -3.59. The molecule has 0 saturated carbocycles. The SMILES string of the molecule is COc1c(C(C)Nc2ncnc3nc[nH]c23)cc(Cl)c(C)c1-c1cc(C(N)=O)n(C)c1. The van der Waals surface area contributed by atoms with Gasteiger partial charge in [0.15, 0.2) is 11.5 Å². The molecule has 3 heterocycles. The fourth-order valence-electron chi connectivity index (χ4n) is 3.74. The topological polar surface area (TPSA) is 124 Å². The number of nitrogens with two attached hydrogens (primary N) is 1. The Bertz CT molecular complexity index is 1290. The van der Waals surface area contributed by atoms with Gasteiger partial charge in [-0.2, -0.15) is 0 Å². The Morgan fingerprint density at radius 3 is 2.77 bits per heavy atom. The number of aromatic nitrogens is 5. The van der Waals surface area contributed by atoms with Crippen LogP contribution < -0.4 is 15.8 Å². The van der Waals surface area contributed by atoms with E-state index in [4.69, 9.17) is 22.1 Å². The fourth-order valence-corrected chi connectivity index (χ4v) is 3.95. The molecule has 1 unspecified atom stereocenters. The molecule has 0 radical (unpaired) electrons. The summed E-state index contributed by atoms with van der Waals surface area (Å²) >= 11 is 6.61. The summed E-state index contributed by atoms with van der Waals surface area (Å²) in [5, 5.41) is 3.96. The van der Waals surface area contributed by atoms with Crippen LogP contribution in [0.2, 0.25) is 5.02 Å². The molecule has 1 amide bonds. The van der Waals surface area contributed by atoms with Crippen molar-refractivity contribution < 1.29 is 9.53 Å². The smallest absolute Gasteiger partial charge is 0.265 e. The highest BCUT2D eigenvalue weighted by atomic mass is 35.5. The van der Waals surface area contributed by atoms with Crippen LogP contribution in [0.15, 0.2) is 31.0 Å². The van der Waals surface area contributed by atoms with E-state index in [-0.39, 0.29) is 6.04 Å². The van der Waals surface area contributed by atoms with Crippen LogP contribution in [0.1, 0.15) is 34.6 Å². The highest BCUT2D eigenvalue weighted by molar-refractivity contribution is 6.32. The first-order valence-electron chi connectivity index (χ1n) is 9.56. The van der Waals surface area contributed by atoms with Crippen molar-refractivity contribution >= 4 is 34.5 Å². The minimum absolute atomic E-state index is 0.215. The average Bonchev–Trinajstić information content (AvgIpc) is 3.36. The predicted octanol–water partition coefficient (Wildman–Crippen LogP) is 3.60. The Balaban J connectivity index is 1.82. The van der Waals surface area contributed by atoms with Crippen LogP contribution in [0.3, 0.4) is 0 Å². The number of carbonyl (C=O) groups excluding carboxylic acids is 1. The van der Waals surface area contributed by atoms with E-state index in [2.05, 4.69) is 25.3 Å². The third-order valence-corrected chi connectivity index (χ3v) is 5.69. The summed E-state index contributed by atoms with van der Waals surface area (Å²) in [4.78, 5) is 27.4. The molecule has 9 nitrogen and oxygen atoms in total. The monoisotopic (exact) mass is 439 g/mol. The van der Waals surface area contributed by atoms with Crippen molar-refractivity contribution in [2.45, 2.75) is 19.9 Å². The van der Waals surface area contributed by atoms with Crippen molar-refractivity contribution in [3.05, 3.63) is 52.8 Å². The summed E-state index contributed by atoms with van der Waals surface area (Å²) in [6.45, 7) is 3.90. The molecule has 31 heavy (non-hydrogen) atoms. The van der Waals surface area contributed by atoms with E-state index in [1.165, 1.54) is 6.33 Å². The number of nitrogens with one attached hydrogen (secondary N) is 2. The zero-order valence-corrected chi connectivity index (χ0v) is 18.3. The lowest BCUT2D eigenvalue weighted by Crippen LogP contribution is -2.14. The molecule has 4 aromatic rings. The number of halogens is 1. The van der Waals surface area contributed by atoms with Crippen molar-refractivity contribution in [3.63, 3.8) is 0 Å². The number of fused-ring (bicyclic) bond motifs is 1. The number of amides is 1. The first kappa shape index (κ1) is 20.7. The molecule has 0 aliphatic rings. The molecule has 0 fully saturated rings. The van der Waals surface area contributed by atoms with Crippen LogP contribution in [0.4, 0.5) is 5.82 Å². The van der Waals surface area contributed by atoms with Gasteiger partial charge in [-0.3, -0.25) is 4.79 Å². The molecule has 4 rings (SSSR count). The second-order valence-corrected chi connectivity index (χ2v) is 7.67. The number of methoxy groups -OCH3 is 1. The number of ether oxygens (including phenoxy) is 1. The molecule has 0 saturated heterocycles. The second kappa shape index (κ2) is 7.92. The molecule has 0 aliphatic heterocycles. The molecule has 160 valence electrons. The lowest BCUT2D eigenvalue weighted by atomic mass is 9.95. The quantitative estimate of drug-likeness (QED) is 0.421. The standard InChI is InChI=1S/C21H22ClN7O2/c1-10-14(22)6-13(11(2)28-21-17-20(25-8-24-17)26-9-27-21)18(31-4)16(10)12-5-15(19(23)30)29(3)7-12/h5-9,11H,1-4H3,(H2,23,30)(H2,24,25,26,27,28). The van der Waals surface area contributed by atoms with E-state index >= 15 is 0 Å². The zero-order chi connectivity index (χ0) is 22.3. The van der Waals surface area contributed by atoms with Crippen LogP contribution in [0, 0.1) is 6.92 Å². The minimum atomic E-state index is -0.505. The van der Waals surface area contributed by atoms with Gasteiger partial charge in [0.05, 0.1) is 19.5 Å². The Kier molecular flexibility index (Phi) is 5.28. The van der Waals surface area contributed by atoms with Crippen molar-refractivity contribution in [1.29, 1.82) is 0 Å². The largest absolute Gasteiger partial charge is 0.496 e. The molecule has 1 aromatic carbocycles. The van der Waals surface area contributed by atoms with Gasteiger partial charge >= 0.3 is 0 Å². The molecule has 0 spiro atoms. The van der Waals surface area contributed by atoms with E-state index in [9.17, 15) is 4.79 Å². The van der Waals surface area contributed by atoms with Crippen molar-refractivity contribution in [2.75, 3.05) is 12.4 Å². The number of anilines is 1. The Labute approximate surface area is 183 Å². The third kappa shape index (κ3) is 3.57. The van der Waals surface area contributed by atoms with Crippen LogP contribution in [0.25, 0.3) is 22.3 Å². The normalized spacial score (nSPS) is 12.2. The van der Waals surface area contributed by atoms with Crippen LogP contribution >= 0.6 is 11.6 Å². The molecular formula is C21H22ClN7O2. The van der Waals surface area contributed by atoms with Crippen LogP contribution in [-0.4, -0.2) is 37.5 Å². The third-order valence-electron chi connectivity index (χ3n) is 5.30. The van der Waals surface area contributed by atoms with Crippen molar-refractivity contribution in [1.82, 2.24) is 24.5 Å². The van der Waals surface area contributed by atoms with E-state index in [0.29, 0.717) is 33.4 Å². The molecule has 10 heteroatoms. The molecule has 0 bridgehead atoms. The first-order valence-corrected chi connectivity index (χ1v) is 9.93. The van der Waals surface area contributed by atoms with Gasteiger partial charge in [-0.25, -0.2) is 15.0 Å². The summed E-state index contributed by atoms with van der Waals surface area (Å²) in [5.41, 5.74) is 10.4. The van der Waals surface area contributed by atoms with E-state index in [0.717, 1.165) is 22.3 Å². The zero-order valence-electron chi connectivity index (χ0n) is 17.5. The molecule has 1 atom stereocenters. The summed E-state index contributed by atoms with van der Waals surface area (Å²) in [5.74, 6) is 0.763. The van der Waals surface area contributed by atoms with Crippen molar-refractivity contribution in [3.8, 4) is 16.9 Å². The van der Waals surface area contributed by atoms with Gasteiger partial charge < -0.3 is 25.3 Å².